The normalized spacial score (nSPS) is 21.6. The van der Waals surface area contributed by atoms with Crippen LogP contribution in [0.1, 0.15) is 33.6 Å². The molecule has 2 N–H and O–H groups in total. The van der Waals surface area contributed by atoms with Gasteiger partial charge in [0.05, 0.1) is 12.2 Å². The Morgan fingerprint density at radius 3 is 1.97 bits per heavy atom. The minimum atomic E-state index is -2.82. The molecule has 0 spiro atoms. The zero-order valence-electron chi connectivity index (χ0n) is 17.8. The Morgan fingerprint density at radius 2 is 1.53 bits per heavy atom. The molecule has 5 heteroatoms. The van der Waals surface area contributed by atoms with Gasteiger partial charge in [0.15, 0.2) is 0 Å². The SMILES string of the molecule is C=C1[C@H](O)C/C(=C/C(=O)O)C[C@H]1O[Si](c1ccccc1)(c1ccccc1)C(C)(C)C. The molecule has 0 unspecified atom stereocenters. The monoisotopic (exact) mass is 422 g/mol. The van der Waals surface area contributed by atoms with Gasteiger partial charge in [0, 0.05) is 6.08 Å². The molecule has 0 aromatic heterocycles. The molecule has 158 valence electrons. The Bertz CT molecular complexity index is 889. The second-order valence-corrected chi connectivity index (χ2v) is 13.2. The van der Waals surface area contributed by atoms with Gasteiger partial charge in [-0.1, -0.05) is 93.6 Å². The van der Waals surface area contributed by atoms with E-state index in [1.54, 1.807) is 0 Å². The first-order valence-corrected chi connectivity index (χ1v) is 12.1. The second-order valence-electron chi connectivity index (χ2n) is 8.91. The van der Waals surface area contributed by atoms with Gasteiger partial charge in [0.1, 0.15) is 0 Å². The van der Waals surface area contributed by atoms with Crippen LogP contribution in [0.25, 0.3) is 0 Å². The van der Waals surface area contributed by atoms with Gasteiger partial charge in [-0.05, 0) is 33.8 Å². The molecular weight excluding hydrogens is 392 g/mol. The van der Waals surface area contributed by atoms with Crippen LogP contribution in [-0.2, 0) is 9.22 Å². The van der Waals surface area contributed by atoms with E-state index in [2.05, 4.69) is 51.6 Å². The lowest BCUT2D eigenvalue weighted by molar-refractivity contribution is -0.131. The van der Waals surface area contributed by atoms with Crippen LogP contribution in [0.15, 0.2) is 84.5 Å². The van der Waals surface area contributed by atoms with Crippen LogP contribution < -0.4 is 10.4 Å². The molecule has 0 saturated heterocycles. The lowest BCUT2D eigenvalue weighted by Crippen LogP contribution is -2.68. The van der Waals surface area contributed by atoms with E-state index in [0.29, 0.717) is 17.6 Å². The van der Waals surface area contributed by atoms with Gasteiger partial charge in [-0.15, -0.1) is 0 Å². The third-order valence-electron chi connectivity index (χ3n) is 5.81. The van der Waals surface area contributed by atoms with E-state index in [-0.39, 0.29) is 11.5 Å². The number of hydrogen-bond donors (Lipinski definition) is 2. The number of carbonyl (C=O) groups is 1. The lowest BCUT2D eigenvalue weighted by atomic mass is 9.86. The van der Waals surface area contributed by atoms with Gasteiger partial charge in [0.25, 0.3) is 8.32 Å². The van der Waals surface area contributed by atoms with Crippen LogP contribution in [0.3, 0.4) is 0 Å². The summed E-state index contributed by atoms with van der Waals surface area (Å²) in [6.07, 6.45) is 0.633. The van der Waals surface area contributed by atoms with Crippen molar-refractivity contribution >= 4 is 24.7 Å². The maximum atomic E-state index is 11.2. The highest BCUT2D eigenvalue weighted by Crippen LogP contribution is 2.40. The van der Waals surface area contributed by atoms with Crippen molar-refractivity contribution in [2.75, 3.05) is 0 Å². The summed E-state index contributed by atoms with van der Waals surface area (Å²) in [6, 6.07) is 20.5. The van der Waals surface area contributed by atoms with Crippen molar-refractivity contribution in [3.8, 4) is 0 Å². The predicted molar refractivity (Wildman–Crippen MR) is 123 cm³/mol. The minimum Gasteiger partial charge on any atom is -0.478 e. The smallest absolute Gasteiger partial charge is 0.328 e. The molecule has 0 aliphatic heterocycles. The lowest BCUT2D eigenvalue weighted by Gasteiger charge is -2.47. The highest BCUT2D eigenvalue weighted by atomic mass is 28.4. The van der Waals surface area contributed by atoms with Gasteiger partial charge in [0.2, 0.25) is 0 Å². The Morgan fingerprint density at radius 1 is 1.03 bits per heavy atom. The number of rotatable bonds is 5. The summed E-state index contributed by atoms with van der Waals surface area (Å²) in [4.78, 5) is 11.2. The van der Waals surface area contributed by atoms with E-state index in [1.165, 1.54) is 6.08 Å². The number of aliphatic carboxylic acids is 1. The topological polar surface area (TPSA) is 66.8 Å². The summed E-state index contributed by atoms with van der Waals surface area (Å²) in [6.45, 7) is 10.7. The maximum absolute atomic E-state index is 11.2. The first-order chi connectivity index (χ1) is 14.1. The van der Waals surface area contributed by atoms with Gasteiger partial charge < -0.3 is 14.6 Å². The molecule has 0 bridgehead atoms. The average Bonchev–Trinajstić information content (AvgIpc) is 2.69. The molecule has 1 saturated carbocycles. The number of carboxylic acids is 1. The van der Waals surface area contributed by atoms with E-state index in [9.17, 15) is 15.0 Å². The Labute approximate surface area is 179 Å². The third-order valence-corrected chi connectivity index (χ3v) is 10.9. The Hall–Kier alpha value is -2.47. The molecule has 1 fully saturated rings. The molecule has 2 atom stereocenters. The number of aliphatic hydroxyl groups excluding tert-OH is 1. The molecule has 4 nitrogen and oxygen atoms in total. The van der Waals surface area contributed by atoms with Crippen LogP contribution in [0.5, 0.6) is 0 Å². The van der Waals surface area contributed by atoms with Crippen LogP contribution >= 0.6 is 0 Å². The molecule has 2 aromatic rings. The van der Waals surface area contributed by atoms with Crippen LogP contribution in [0, 0.1) is 0 Å². The summed E-state index contributed by atoms with van der Waals surface area (Å²) in [5, 5.41) is 21.8. The van der Waals surface area contributed by atoms with E-state index in [1.807, 2.05) is 36.4 Å². The van der Waals surface area contributed by atoms with Crippen molar-refractivity contribution in [2.45, 2.75) is 50.9 Å². The van der Waals surface area contributed by atoms with Crippen LogP contribution in [0.4, 0.5) is 0 Å². The molecule has 1 aliphatic carbocycles. The van der Waals surface area contributed by atoms with E-state index in [0.717, 1.165) is 10.4 Å². The van der Waals surface area contributed by atoms with Gasteiger partial charge in [-0.2, -0.15) is 0 Å². The fourth-order valence-electron chi connectivity index (χ4n) is 4.36. The molecule has 2 aromatic carbocycles. The number of aliphatic hydroxyl groups is 1. The predicted octanol–water partition coefficient (Wildman–Crippen LogP) is 3.65. The van der Waals surface area contributed by atoms with Crippen molar-refractivity contribution in [3.05, 3.63) is 84.5 Å². The summed E-state index contributed by atoms with van der Waals surface area (Å²) in [5.74, 6) is -1.01. The maximum Gasteiger partial charge on any atom is 0.328 e. The molecule has 0 amide bonds. The first kappa shape index (κ1) is 22.2. The summed E-state index contributed by atoms with van der Waals surface area (Å²) >= 11 is 0. The highest BCUT2D eigenvalue weighted by Gasteiger charge is 2.52. The molecule has 1 aliphatic rings. The van der Waals surface area contributed by atoms with Crippen molar-refractivity contribution in [2.24, 2.45) is 0 Å². The summed E-state index contributed by atoms with van der Waals surface area (Å²) in [7, 11) is -2.82. The van der Waals surface area contributed by atoms with Crippen LogP contribution in [0.2, 0.25) is 5.04 Å². The van der Waals surface area contributed by atoms with Crippen LogP contribution in [-0.4, -0.2) is 36.7 Å². The first-order valence-electron chi connectivity index (χ1n) is 10.2. The zero-order valence-corrected chi connectivity index (χ0v) is 18.8. The largest absolute Gasteiger partial charge is 0.478 e. The van der Waals surface area contributed by atoms with Crippen molar-refractivity contribution < 1.29 is 19.4 Å². The second kappa shape index (κ2) is 8.72. The summed E-state index contributed by atoms with van der Waals surface area (Å²) < 4.78 is 7.06. The van der Waals surface area contributed by atoms with Crippen molar-refractivity contribution in [1.29, 1.82) is 0 Å². The molecule has 0 heterocycles. The molecule has 0 radical (unpaired) electrons. The molecular formula is C25H30O4Si. The van der Waals surface area contributed by atoms with Gasteiger partial charge in [-0.3, -0.25) is 0 Å². The number of hydrogen-bond acceptors (Lipinski definition) is 3. The van der Waals surface area contributed by atoms with E-state index < -0.39 is 26.5 Å². The molecule has 3 rings (SSSR count). The number of benzene rings is 2. The fraction of sp³-hybridized carbons (Fsp3) is 0.320. The van der Waals surface area contributed by atoms with Crippen molar-refractivity contribution in [1.82, 2.24) is 0 Å². The quantitative estimate of drug-likeness (QED) is 0.438. The standard InChI is InChI=1S/C25H30O4Si/c1-18-22(26)15-19(17-24(27)28)16-23(18)29-30(25(2,3)4,20-11-7-5-8-12-20)21-13-9-6-10-14-21/h5-14,17,22-23,26H,1,15-16H2,2-4H3,(H,27,28)/b19-17-/t22-,23-/m1/s1. The van der Waals surface area contributed by atoms with E-state index >= 15 is 0 Å². The Kier molecular flexibility index (Phi) is 6.46. The Balaban J connectivity index is 2.16. The molecule has 30 heavy (non-hydrogen) atoms. The number of carboxylic acid groups (broad SMARTS) is 1. The van der Waals surface area contributed by atoms with Gasteiger partial charge >= 0.3 is 5.97 Å². The van der Waals surface area contributed by atoms with E-state index in [4.69, 9.17) is 4.43 Å². The summed E-state index contributed by atoms with van der Waals surface area (Å²) in [5.41, 5.74) is 1.29. The fourth-order valence-corrected chi connectivity index (χ4v) is 9.04. The highest BCUT2D eigenvalue weighted by molar-refractivity contribution is 6.99. The van der Waals surface area contributed by atoms with Crippen molar-refractivity contribution in [3.63, 3.8) is 0 Å². The average molecular weight is 423 g/mol. The van der Waals surface area contributed by atoms with Gasteiger partial charge in [-0.25, -0.2) is 4.79 Å². The zero-order chi connectivity index (χ0) is 21.9. The third kappa shape index (κ3) is 4.33. The minimum absolute atomic E-state index is 0.213.